The predicted octanol–water partition coefficient (Wildman–Crippen LogP) is 3.30. The van der Waals surface area contributed by atoms with Gasteiger partial charge in [0, 0.05) is 18.0 Å². The number of rotatable bonds is 3. The minimum atomic E-state index is -4.79. The molecule has 0 saturated carbocycles. The Morgan fingerprint density at radius 1 is 1.14 bits per heavy atom. The smallest absolute Gasteiger partial charge is 0.405 e. The highest BCUT2D eigenvalue weighted by molar-refractivity contribution is 6.00. The van der Waals surface area contributed by atoms with Crippen LogP contribution >= 0.6 is 0 Å². The number of alkyl halides is 3. The molecule has 2 fully saturated rings. The van der Waals surface area contributed by atoms with Crippen LogP contribution in [-0.4, -0.2) is 24.2 Å². The normalized spacial score (nSPS) is 28.4. The summed E-state index contributed by atoms with van der Waals surface area (Å²) in [7, 11) is 0. The van der Waals surface area contributed by atoms with Gasteiger partial charge in [-0.2, -0.15) is 0 Å². The minimum Gasteiger partial charge on any atom is -0.405 e. The topological polar surface area (TPSA) is 38.3 Å². The second kappa shape index (κ2) is 5.33. The molecule has 2 saturated heterocycles. The number of halogens is 3. The molecular weight excluding hydrogens is 283 g/mol. The van der Waals surface area contributed by atoms with Crippen LogP contribution in [0.4, 0.5) is 13.2 Å². The first-order valence-corrected chi connectivity index (χ1v) is 7.07. The fraction of sp³-hybridized carbons (Fsp3) is 0.533. The average Bonchev–Trinajstić information content (AvgIpc) is 2.75. The Morgan fingerprint density at radius 3 is 2.38 bits per heavy atom. The van der Waals surface area contributed by atoms with E-state index in [1.165, 1.54) is 18.2 Å². The van der Waals surface area contributed by atoms with Gasteiger partial charge >= 0.3 is 6.36 Å². The van der Waals surface area contributed by atoms with E-state index in [9.17, 15) is 18.0 Å². The van der Waals surface area contributed by atoms with Crippen molar-refractivity contribution in [1.29, 1.82) is 0 Å². The van der Waals surface area contributed by atoms with Gasteiger partial charge in [0.05, 0.1) is 5.56 Å². The predicted molar refractivity (Wildman–Crippen MR) is 70.1 cm³/mol. The Kier molecular flexibility index (Phi) is 3.65. The molecule has 0 radical (unpaired) electrons. The van der Waals surface area contributed by atoms with Crippen LogP contribution in [0.3, 0.4) is 0 Å². The minimum absolute atomic E-state index is 0.0288. The lowest BCUT2D eigenvalue weighted by Gasteiger charge is -2.28. The number of ketones is 1. The summed E-state index contributed by atoms with van der Waals surface area (Å²) in [5.74, 6) is -0.865. The number of fused-ring (bicyclic) bond motifs is 2. The maximum absolute atomic E-state index is 12.6. The first-order chi connectivity index (χ1) is 9.92. The molecule has 0 aromatic heterocycles. The molecule has 114 valence electrons. The molecule has 0 spiro atoms. The highest BCUT2D eigenvalue weighted by atomic mass is 19.4. The number of nitrogens with one attached hydrogen (secondary N) is 1. The largest absolute Gasteiger partial charge is 0.573 e. The molecule has 2 aliphatic heterocycles. The summed E-state index contributed by atoms with van der Waals surface area (Å²) < 4.78 is 41.2. The molecule has 2 aliphatic rings. The van der Waals surface area contributed by atoms with Gasteiger partial charge in [0.1, 0.15) is 5.75 Å². The van der Waals surface area contributed by atoms with Gasteiger partial charge in [-0.1, -0.05) is 12.1 Å². The molecule has 21 heavy (non-hydrogen) atoms. The van der Waals surface area contributed by atoms with Crippen molar-refractivity contribution in [2.24, 2.45) is 5.92 Å². The lowest BCUT2D eigenvalue weighted by molar-refractivity contribution is -0.274. The first-order valence-electron chi connectivity index (χ1n) is 7.07. The zero-order valence-electron chi connectivity index (χ0n) is 11.3. The Labute approximate surface area is 120 Å². The summed E-state index contributed by atoms with van der Waals surface area (Å²) in [6.45, 7) is 0. The van der Waals surface area contributed by atoms with Crippen LogP contribution in [-0.2, 0) is 0 Å². The van der Waals surface area contributed by atoms with Gasteiger partial charge in [-0.3, -0.25) is 4.79 Å². The van der Waals surface area contributed by atoms with Crippen molar-refractivity contribution in [3.05, 3.63) is 29.8 Å². The Bertz CT molecular complexity index is 532. The van der Waals surface area contributed by atoms with Crippen molar-refractivity contribution in [3.63, 3.8) is 0 Å². The standard InChI is InChI=1S/C15H16F3NO2/c16-15(17,18)21-13-4-2-1-3-12(13)14(20)9-7-10-5-6-11(8-9)19-10/h1-4,9-11,19H,5-8H2. The summed E-state index contributed by atoms with van der Waals surface area (Å²) >= 11 is 0. The Hall–Kier alpha value is -1.56. The van der Waals surface area contributed by atoms with E-state index in [-0.39, 0.29) is 17.3 Å². The number of Topliss-reactive ketones (excluding diaryl/α,β-unsaturated/α-hetero) is 1. The van der Waals surface area contributed by atoms with E-state index in [0.717, 1.165) is 12.8 Å². The van der Waals surface area contributed by atoms with Gasteiger partial charge < -0.3 is 10.1 Å². The van der Waals surface area contributed by atoms with Crippen LogP contribution in [0.1, 0.15) is 36.0 Å². The van der Waals surface area contributed by atoms with E-state index in [0.29, 0.717) is 24.9 Å². The summed E-state index contributed by atoms with van der Waals surface area (Å²) in [4.78, 5) is 12.6. The highest BCUT2D eigenvalue weighted by Crippen LogP contribution is 2.35. The lowest BCUT2D eigenvalue weighted by Crippen LogP contribution is -2.40. The molecular formula is C15H16F3NO2. The van der Waals surface area contributed by atoms with Gasteiger partial charge in [0.15, 0.2) is 5.78 Å². The number of carbonyl (C=O) groups excluding carboxylic acids is 1. The van der Waals surface area contributed by atoms with Crippen LogP contribution in [0, 0.1) is 5.92 Å². The van der Waals surface area contributed by atoms with Crippen molar-refractivity contribution < 1.29 is 22.7 Å². The van der Waals surface area contributed by atoms with E-state index in [1.54, 1.807) is 6.07 Å². The summed E-state index contributed by atoms with van der Waals surface area (Å²) in [6, 6.07) is 6.22. The molecule has 2 bridgehead atoms. The van der Waals surface area contributed by atoms with Crippen LogP contribution in [0.5, 0.6) is 5.75 Å². The van der Waals surface area contributed by atoms with Crippen molar-refractivity contribution in [2.45, 2.75) is 44.1 Å². The molecule has 1 aromatic rings. The number of hydrogen-bond acceptors (Lipinski definition) is 3. The van der Waals surface area contributed by atoms with Crippen molar-refractivity contribution in [2.75, 3.05) is 0 Å². The number of para-hydroxylation sites is 1. The van der Waals surface area contributed by atoms with E-state index < -0.39 is 12.1 Å². The molecule has 2 heterocycles. The molecule has 2 atom stereocenters. The van der Waals surface area contributed by atoms with Crippen LogP contribution in [0.15, 0.2) is 24.3 Å². The van der Waals surface area contributed by atoms with Crippen molar-refractivity contribution in [1.82, 2.24) is 5.32 Å². The van der Waals surface area contributed by atoms with Gasteiger partial charge in [-0.15, -0.1) is 13.2 Å². The van der Waals surface area contributed by atoms with E-state index >= 15 is 0 Å². The molecule has 2 unspecified atom stereocenters. The molecule has 0 aliphatic carbocycles. The third-order valence-corrected chi connectivity index (χ3v) is 4.22. The first kappa shape index (κ1) is 14.4. The number of hydrogen-bond donors (Lipinski definition) is 1. The fourth-order valence-electron chi connectivity index (χ4n) is 3.38. The second-order valence-corrected chi connectivity index (χ2v) is 5.71. The van der Waals surface area contributed by atoms with E-state index in [4.69, 9.17) is 0 Å². The van der Waals surface area contributed by atoms with Gasteiger partial charge in [-0.25, -0.2) is 0 Å². The summed E-state index contributed by atoms with van der Waals surface area (Å²) in [6.07, 6.45) is -1.33. The molecule has 1 aromatic carbocycles. The van der Waals surface area contributed by atoms with Crippen LogP contribution < -0.4 is 10.1 Å². The van der Waals surface area contributed by atoms with Crippen molar-refractivity contribution in [3.8, 4) is 5.75 Å². The van der Waals surface area contributed by atoms with E-state index in [2.05, 4.69) is 10.1 Å². The van der Waals surface area contributed by atoms with Crippen molar-refractivity contribution >= 4 is 5.78 Å². The summed E-state index contributed by atoms with van der Waals surface area (Å²) in [5, 5.41) is 3.42. The molecule has 6 heteroatoms. The zero-order chi connectivity index (χ0) is 15.0. The van der Waals surface area contributed by atoms with E-state index in [1.807, 2.05) is 0 Å². The Balaban J connectivity index is 1.81. The van der Waals surface area contributed by atoms with Gasteiger partial charge in [-0.05, 0) is 37.8 Å². The second-order valence-electron chi connectivity index (χ2n) is 5.71. The maximum Gasteiger partial charge on any atom is 0.573 e. The SMILES string of the molecule is O=C(c1ccccc1OC(F)(F)F)C1CC2CCC(C1)N2. The quantitative estimate of drug-likeness (QED) is 0.870. The number of benzene rings is 1. The van der Waals surface area contributed by atoms with Gasteiger partial charge in [0.2, 0.25) is 0 Å². The molecule has 0 amide bonds. The number of piperidine rings is 1. The number of ether oxygens (including phenoxy) is 1. The van der Waals surface area contributed by atoms with Crippen LogP contribution in [0.25, 0.3) is 0 Å². The molecule has 3 rings (SSSR count). The third-order valence-electron chi connectivity index (χ3n) is 4.22. The highest BCUT2D eigenvalue weighted by Gasteiger charge is 2.38. The molecule has 1 N–H and O–H groups in total. The monoisotopic (exact) mass is 299 g/mol. The van der Waals surface area contributed by atoms with Gasteiger partial charge in [0.25, 0.3) is 0 Å². The zero-order valence-corrected chi connectivity index (χ0v) is 11.3. The maximum atomic E-state index is 12.6. The Morgan fingerprint density at radius 2 is 1.76 bits per heavy atom. The fourth-order valence-corrected chi connectivity index (χ4v) is 3.38. The molecule has 3 nitrogen and oxygen atoms in total. The lowest BCUT2D eigenvalue weighted by atomic mass is 9.85. The summed E-state index contributed by atoms with van der Waals surface area (Å²) in [5.41, 5.74) is 0.0288. The number of carbonyl (C=O) groups is 1. The average molecular weight is 299 g/mol. The van der Waals surface area contributed by atoms with Crippen LogP contribution in [0.2, 0.25) is 0 Å². The third kappa shape index (κ3) is 3.20.